The zero-order chi connectivity index (χ0) is 13.9. The van der Waals surface area contributed by atoms with Gasteiger partial charge in [-0.1, -0.05) is 30.3 Å². The number of aliphatic hydroxyl groups is 1. The third-order valence-electron chi connectivity index (χ3n) is 3.33. The molecule has 1 unspecified atom stereocenters. The normalized spacial score (nSPS) is 21.4. The molecule has 5 nitrogen and oxygen atoms in total. The predicted octanol–water partition coefficient (Wildman–Crippen LogP) is 1.17. The van der Waals surface area contributed by atoms with Crippen LogP contribution in [0.5, 0.6) is 0 Å². The smallest absolute Gasteiger partial charge is 0.255 e. The maximum Gasteiger partial charge on any atom is 0.255 e. The Morgan fingerprint density at radius 1 is 1.10 bits per heavy atom. The number of fused-ring (bicyclic) bond motifs is 1. The van der Waals surface area contributed by atoms with Crippen LogP contribution >= 0.6 is 0 Å². The van der Waals surface area contributed by atoms with Crippen molar-refractivity contribution in [2.45, 2.75) is 18.7 Å². The number of nitrogens with one attached hydrogen (secondary N) is 2. The minimum absolute atomic E-state index is 0.224. The molecule has 1 aliphatic rings. The highest BCUT2D eigenvalue weighted by Crippen LogP contribution is 2.18. The lowest BCUT2D eigenvalue weighted by Crippen LogP contribution is -2.45. The topological polar surface area (TPSA) is 74.2 Å². The number of anilines is 1. The maximum atomic E-state index is 12.1. The average Bonchev–Trinajstić information content (AvgIpc) is 2.58. The van der Waals surface area contributed by atoms with E-state index < -0.39 is 12.3 Å². The number of hydrogen-bond donors (Lipinski definition) is 3. The van der Waals surface area contributed by atoms with Gasteiger partial charge >= 0.3 is 0 Å². The minimum atomic E-state index is -0.879. The van der Waals surface area contributed by atoms with E-state index in [1.54, 1.807) is 18.3 Å². The number of aliphatic hydroxyl groups excluding tert-OH is 1. The minimum Gasteiger partial charge on any atom is -0.372 e. The number of carbonyl (C=O) groups is 1. The number of carbonyl (C=O) groups excluding carboxylic acids is 1. The summed E-state index contributed by atoms with van der Waals surface area (Å²) in [5, 5.41) is 15.9. The van der Waals surface area contributed by atoms with Gasteiger partial charge in [0.05, 0.1) is 11.6 Å². The molecule has 2 atom stereocenters. The molecule has 0 radical (unpaired) electrons. The lowest BCUT2D eigenvalue weighted by molar-refractivity contribution is 0.0884. The molecule has 3 rings (SSSR count). The standard InChI is InChI=1S/C15H15N3O2/c19-14-11-7-4-8-16-13(11)18-15(20)12(17-14)9-10-5-2-1-3-6-10/h1-8,12,15,20H,9H2,(H,16,18)(H,17,19)/t12-,15?/m0/s1. The summed E-state index contributed by atoms with van der Waals surface area (Å²) in [5.41, 5.74) is 1.50. The van der Waals surface area contributed by atoms with E-state index in [4.69, 9.17) is 0 Å². The van der Waals surface area contributed by atoms with Crippen LogP contribution in [0.4, 0.5) is 5.82 Å². The number of hydrogen-bond acceptors (Lipinski definition) is 4. The third kappa shape index (κ3) is 2.48. The molecular weight excluding hydrogens is 254 g/mol. The van der Waals surface area contributed by atoms with Gasteiger partial charge in [-0.2, -0.15) is 0 Å². The summed E-state index contributed by atoms with van der Waals surface area (Å²) in [6.45, 7) is 0. The fourth-order valence-electron chi connectivity index (χ4n) is 2.30. The second kappa shape index (κ2) is 5.30. The predicted molar refractivity (Wildman–Crippen MR) is 75.3 cm³/mol. The Morgan fingerprint density at radius 2 is 1.90 bits per heavy atom. The number of rotatable bonds is 2. The number of pyridine rings is 1. The van der Waals surface area contributed by atoms with Gasteiger partial charge in [0.1, 0.15) is 12.0 Å². The number of amides is 1. The molecule has 0 spiro atoms. The van der Waals surface area contributed by atoms with Crippen molar-refractivity contribution >= 4 is 11.7 Å². The van der Waals surface area contributed by atoms with Crippen molar-refractivity contribution in [1.29, 1.82) is 0 Å². The Bertz CT molecular complexity index is 616. The van der Waals surface area contributed by atoms with Gasteiger partial charge in [-0.05, 0) is 24.1 Å². The fourth-order valence-corrected chi connectivity index (χ4v) is 2.30. The molecule has 20 heavy (non-hydrogen) atoms. The van der Waals surface area contributed by atoms with Crippen molar-refractivity contribution in [2.75, 3.05) is 5.32 Å². The van der Waals surface area contributed by atoms with E-state index in [1.165, 1.54) is 0 Å². The molecule has 0 saturated heterocycles. The van der Waals surface area contributed by atoms with E-state index in [1.807, 2.05) is 30.3 Å². The van der Waals surface area contributed by atoms with Gasteiger partial charge in [-0.3, -0.25) is 4.79 Å². The van der Waals surface area contributed by atoms with Crippen LogP contribution < -0.4 is 10.6 Å². The van der Waals surface area contributed by atoms with Crippen LogP contribution in [0.1, 0.15) is 15.9 Å². The van der Waals surface area contributed by atoms with Gasteiger partial charge in [-0.15, -0.1) is 0 Å². The number of benzene rings is 1. The van der Waals surface area contributed by atoms with E-state index in [9.17, 15) is 9.90 Å². The molecule has 2 aromatic rings. The van der Waals surface area contributed by atoms with Crippen molar-refractivity contribution in [3.63, 3.8) is 0 Å². The first-order valence-corrected chi connectivity index (χ1v) is 6.48. The van der Waals surface area contributed by atoms with Crippen LogP contribution in [0.3, 0.4) is 0 Å². The number of aromatic nitrogens is 1. The maximum absolute atomic E-state index is 12.1. The Kier molecular flexibility index (Phi) is 3.35. The van der Waals surface area contributed by atoms with Crippen LogP contribution in [0.15, 0.2) is 48.7 Å². The van der Waals surface area contributed by atoms with Gasteiger partial charge in [0, 0.05) is 6.20 Å². The van der Waals surface area contributed by atoms with Gasteiger partial charge in [-0.25, -0.2) is 4.98 Å². The summed E-state index contributed by atoms with van der Waals surface area (Å²) in [4.78, 5) is 16.2. The molecule has 0 saturated carbocycles. The highest BCUT2D eigenvalue weighted by molar-refractivity contribution is 5.99. The third-order valence-corrected chi connectivity index (χ3v) is 3.33. The van der Waals surface area contributed by atoms with Crippen LogP contribution in [0.25, 0.3) is 0 Å². The van der Waals surface area contributed by atoms with Crippen molar-refractivity contribution in [3.8, 4) is 0 Å². The van der Waals surface area contributed by atoms with E-state index in [2.05, 4.69) is 15.6 Å². The first-order valence-electron chi connectivity index (χ1n) is 6.48. The first kappa shape index (κ1) is 12.6. The summed E-state index contributed by atoms with van der Waals surface area (Å²) in [7, 11) is 0. The van der Waals surface area contributed by atoms with E-state index in [-0.39, 0.29) is 5.91 Å². The van der Waals surface area contributed by atoms with Crippen LogP contribution in [-0.2, 0) is 6.42 Å². The summed E-state index contributed by atoms with van der Waals surface area (Å²) >= 11 is 0. The molecule has 1 aromatic carbocycles. The quantitative estimate of drug-likeness (QED) is 0.765. The molecule has 0 bridgehead atoms. The number of nitrogens with zero attached hydrogens (tertiary/aromatic N) is 1. The average molecular weight is 269 g/mol. The Morgan fingerprint density at radius 3 is 2.70 bits per heavy atom. The molecule has 1 aliphatic heterocycles. The van der Waals surface area contributed by atoms with Gasteiger partial charge in [0.25, 0.3) is 5.91 Å². The Balaban J connectivity index is 1.84. The van der Waals surface area contributed by atoms with Crippen LogP contribution in [0.2, 0.25) is 0 Å². The zero-order valence-corrected chi connectivity index (χ0v) is 10.8. The van der Waals surface area contributed by atoms with Crippen molar-refractivity contribution in [2.24, 2.45) is 0 Å². The van der Waals surface area contributed by atoms with Gasteiger partial charge < -0.3 is 15.7 Å². The molecule has 2 heterocycles. The van der Waals surface area contributed by atoms with Crippen LogP contribution in [0, 0.1) is 0 Å². The van der Waals surface area contributed by atoms with E-state index in [0.29, 0.717) is 17.8 Å². The zero-order valence-electron chi connectivity index (χ0n) is 10.8. The summed E-state index contributed by atoms with van der Waals surface area (Å²) in [5.74, 6) is 0.186. The van der Waals surface area contributed by atoms with Crippen molar-refractivity contribution < 1.29 is 9.90 Å². The van der Waals surface area contributed by atoms with E-state index in [0.717, 1.165) is 5.56 Å². The first-order chi connectivity index (χ1) is 9.74. The van der Waals surface area contributed by atoms with Crippen molar-refractivity contribution in [1.82, 2.24) is 10.3 Å². The molecule has 3 N–H and O–H groups in total. The van der Waals surface area contributed by atoms with Crippen molar-refractivity contribution in [3.05, 3.63) is 59.8 Å². The second-order valence-electron chi connectivity index (χ2n) is 4.76. The lowest BCUT2D eigenvalue weighted by atomic mass is 10.0. The highest BCUT2D eigenvalue weighted by Gasteiger charge is 2.28. The molecule has 0 fully saturated rings. The summed E-state index contributed by atoms with van der Waals surface area (Å²) < 4.78 is 0. The molecule has 102 valence electrons. The summed E-state index contributed by atoms with van der Waals surface area (Å²) in [6.07, 6.45) is 1.26. The van der Waals surface area contributed by atoms with Crippen LogP contribution in [-0.4, -0.2) is 28.3 Å². The molecule has 5 heteroatoms. The Hall–Kier alpha value is -2.40. The lowest BCUT2D eigenvalue weighted by Gasteiger charge is -2.22. The largest absolute Gasteiger partial charge is 0.372 e. The molecular formula is C15H15N3O2. The SMILES string of the molecule is O=C1N[C@@H](Cc2ccccc2)C(O)Nc2ncccc21. The monoisotopic (exact) mass is 269 g/mol. The second-order valence-corrected chi connectivity index (χ2v) is 4.76. The van der Waals surface area contributed by atoms with Gasteiger partial charge in [0.2, 0.25) is 0 Å². The fraction of sp³-hybridized carbons (Fsp3) is 0.200. The molecule has 1 amide bonds. The molecule has 1 aromatic heterocycles. The summed E-state index contributed by atoms with van der Waals surface area (Å²) in [6, 6.07) is 12.7. The highest BCUT2D eigenvalue weighted by atomic mass is 16.3. The van der Waals surface area contributed by atoms with Gasteiger partial charge in [0.15, 0.2) is 0 Å². The van der Waals surface area contributed by atoms with E-state index >= 15 is 0 Å². The molecule has 0 aliphatic carbocycles. The Labute approximate surface area is 116 Å².